The van der Waals surface area contributed by atoms with Crippen LogP contribution in [0.1, 0.15) is 30.3 Å². The second-order valence-electron chi connectivity index (χ2n) is 6.67. The number of nitrogens with zero attached hydrogens (tertiary/aromatic N) is 4. The van der Waals surface area contributed by atoms with Gasteiger partial charge in [-0.05, 0) is 37.1 Å². The van der Waals surface area contributed by atoms with Gasteiger partial charge < -0.3 is 10.2 Å². The van der Waals surface area contributed by atoms with Gasteiger partial charge in [0, 0.05) is 42.9 Å². The first kappa shape index (κ1) is 18.4. The van der Waals surface area contributed by atoms with Crippen LogP contribution in [0.4, 0.5) is 5.69 Å². The molecule has 146 valence electrons. The van der Waals surface area contributed by atoms with Gasteiger partial charge in [0.15, 0.2) is 0 Å². The average Bonchev–Trinajstić information content (AvgIpc) is 3.60. The lowest BCUT2D eigenvalue weighted by Gasteiger charge is -2.19. The van der Waals surface area contributed by atoms with E-state index < -0.39 is 0 Å². The molecule has 0 spiro atoms. The highest BCUT2D eigenvalue weighted by Crippen LogP contribution is 2.27. The quantitative estimate of drug-likeness (QED) is 0.442. The van der Waals surface area contributed by atoms with E-state index >= 15 is 0 Å². The molecule has 1 amide bonds. The molecule has 8 nitrogen and oxygen atoms in total. The fourth-order valence-electron chi connectivity index (χ4n) is 2.96. The molecule has 4 rings (SSSR count). The molecular formula is C21H21N7O. The Balaban J connectivity index is 0.00000256. The molecule has 1 fully saturated rings. The topological polar surface area (TPSA) is 119 Å². The van der Waals surface area contributed by atoms with Crippen LogP contribution >= 0.6 is 0 Å². The Bertz CT molecular complexity index is 1070. The van der Waals surface area contributed by atoms with Crippen molar-refractivity contribution in [2.75, 3.05) is 5.32 Å². The van der Waals surface area contributed by atoms with Crippen LogP contribution in [0.2, 0.25) is 0 Å². The minimum absolute atomic E-state index is 0. The zero-order chi connectivity index (χ0) is 20.2. The standard InChI is InChI=1S/C21H19N7O.H2/c22-13-28(17-4-5-17)20(23)15-2-1-3-16(10-15)27-21(29)18-11-14(6-7-25-18)19-12-24-8-9-26-19;/h1-3,6-13,17,22-23H,4-5H2,(H,27,29);1H. The summed E-state index contributed by atoms with van der Waals surface area (Å²) in [7, 11) is 0. The lowest BCUT2D eigenvalue weighted by Crippen LogP contribution is -2.31. The maximum Gasteiger partial charge on any atom is 0.274 e. The van der Waals surface area contributed by atoms with Crippen LogP contribution in [0.5, 0.6) is 0 Å². The Kier molecular flexibility index (Phi) is 5.07. The third-order valence-electron chi connectivity index (χ3n) is 4.58. The molecule has 0 saturated heterocycles. The number of rotatable bonds is 6. The van der Waals surface area contributed by atoms with E-state index in [0.717, 1.165) is 18.4 Å². The molecule has 3 N–H and O–H groups in total. The van der Waals surface area contributed by atoms with Crippen molar-refractivity contribution in [2.45, 2.75) is 18.9 Å². The van der Waals surface area contributed by atoms with E-state index in [4.69, 9.17) is 10.8 Å². The van der Waals surface area contributed by atoms with E-state index in [1.54, 1.807) is 66.1 Å². The summed E-state index contributed by atoms with van der Waals surface area (Å²) in [4.78, 5) is 26.8. The van der Waals surface area contributed by atoms with Crippen LogP contribution in [0.15, 0.2) is 61.2 Å². The Hall–Kier alpha value is -3.94. The summed E-state index contributed by atoms with van der Waals surface area (Å²) < 4.78 is 0. The molecule has 2 aromatic heterocycles. The molecule has 1 saturated carbocycles. The van der Waals surface area contributed by atoms with Crippen LogP contribution in [0.3, 0.4) is 0 Å². The molecule has 29 heavy (non-hydrogen) atoms. The Morgan fingerprint density at radius 2 is 2.03 bits per heavy atom. The van der Waals surface area contributed by atoms with Crippen molar-refractivity contribution in [3.8, 4) is 11.3 Å². The summed E-state index contributed by atoms with van der Waals surface area (Å²) >= 11 is 0. The highest BCUT2D eigenvalue weighted by atomic mass is 16.1. The fraction of sp³-hybridized carbons (Fsp3) is 0.143. The van der Waals surface area contributed by atoms with E-state index in [1.165, 1.54) is 6.34 Å². The second-order valence-corrected chi connectivity index (χ2v) is 6.67. The van der Waals surface area contributed by atoms with Gasteiger partial charge in [0.1, 0.15) is 11.5 Å². The fourth-order valence-corrected chi connectivity index (χ4v) is 2.96. The van der Waals surface area contributed by atoms with Crippen molar-refractivity contribution in [3.63, 3.8) is 0 Å². The van der Waals surface area contributed by atoms with Gasteiger partial charge >= 0.3 is 0 Å². The van der Waals surface area contributed by atoms with Gasteiger partial charge in [0.2, 0.25) is 0 Å². The molecule has 1 aliphatic rings. The van der Waals surface area contributed by atoms with Crippen LogP contribution < -0.4 is 5.32 Å². The number of anilines is 1. The molecule has 8 heteroatoms. The van der Waals surface area contributed by atoms with E-state index in [0.29, 0.717) is 16.9 Å². The molecule has 0 atom stereocenters. The maximum atomic E-state index is 12.7. The van der Waals surface area contributed by atoms with E-state index in [2.05, 4.69) is 20.3 Å². The van der Waals surface area contributed by atoms with Gasteiger partial charge in [-0.15, -0.1) is 0 Å². The molecule has 0 radical (unpaired) electrons. The minimum Gasteiger partial charge on any atom is -0.321 e. The van der Waals surface area contributed by atoms with Gasteiger partial charge in [-0.3, -0.25) is 30.6 Å². The zero-order valence-electron chi connectivity index (χ0n) is 15.5. The SMILES string of the molecule is N=CN(C(=N)c1cccc(NC(=O)c2cc(-c3cnccn3)ccn2)c1)C1CC1.[HH]. The number of hydrogen-bond acceptors (Lipinski definition) is 6. The predicted octanol–water partition coefficient (Wildman–Crippen LogP) is 3.43. The highest BCUT2D eigenvalue weighted by Gasteiger charge is 2.30. The molecule has 0 unspecified atom stereocenters. The van der Waals surface area contributed by atoms with Gasteiger partial charge in [-0.25, -0.2) is 0 Å². The lowest BCUT2D eigenvalue weighted by molar-refractivity contribution is 0.102. The van der Waals surface area contributed by atoms with E-state index in [1.807, 2.05) is 0 Å². The van der Waals surface area contributed by atoms with Crippen LogP contribution in [0, 0.1) is 10.8 Å². The number of carbonyl (C=O) groups excluding carboxylic acids is 1. The summed E-state index contributed by atoms with van der Waals surface area (Å²) in [5.41, 5.74) is 2.86. The Labute approximate surface area is 169 Å². The van der Waals surface area contributed by atoms with Crippen molar-refractivity contribution in [1.29, 1.82) is 10.8 Å². The summed E-state index contributed by atoms with van der Waals surface area (Å²) in [6.07, 6.45) is 9.53. The largest absolute Gasteiger partial charge is 0.321 e. The van der Waals surface area contributed by atoms with Crippen molar-refractivity contribution >= 4 is 23.8 Å². The van der Waals surface area contributed by atoms with Crippen molar-refractivity contribution in [1.82, 2.24) is 19.9 Å². The number of pyridine rings is 1. The molecule has 2 heterocycles. The normalized spacial score (nSPS) is 12.8. The van der Waals surface area contributed by atoms with Gasteiger partial charge in [-0.1, -0.05) is 12.1 Å². The first-order valence-corrected chi connectivity index (χ1v) is 9.17. The number of benzene rings is 1. The van der Waals surface area contributed by atoms with Crippen LogP contribution in [-0.2, 0) is 0 Å². The van der Waals surface area contributed by atoms with Crippen molar-refractivity contribution < 1.29 is 6.22 Å². The molecule has 3 aromatic rings. The smallest absolute Gasteiger partial charge is 0.274 e. The van der Waals surface area contributed by atoms with Gasteiger partial charge in [0.05, 0.1) is 18.2 Å². The van der Waals surface area contributed by atoms with Gasteiger partial charge in [0.25, 0.3) is 5.91 Å². The first-order chi connectivity index (χ1) is 14.2. The van der Waals surface area contributed by atoms with Crippen molar-refractivity contribution in [3.05, 3.63) is 72.4 Å². The number of amides is 1. The molecule has 0 bridgehead atoms. The summed E-state index contributed by atoms with van der Waals surface area (Å²) in [5.74, 6) is -0.105. The second kappa shape index (κ2) is 7.97. The third kappa shape index (κ3) is 4.16. The molecule has 1 aliphatic carbocycles. The number of amidine groups is 1. The summed E-state index contributed by atoms with van der Waals surface area (Å²) in [6.45, 7) is 0. The first-order valence-electron chi connectivity index (χ1n) is 9.17. The zero-order valence-corrected chi connectivity index (χ0v) is 15.5. The maximum absolute atomic E-state index is 12.7. The van der Waals surface area contributed by atoms with Crippen molar-refractivity contribution in [2.24, 2.45) is 0 Å². The van der Waals surface area contributed by atoms with Gasteiger partial charge in [-0.2, -0.15) is 0 Å². The summed E-state index contributed by atoms with van der Waals surface area (Å²) in [5, 5.41) is 18.7. The van der Waals surface area contributed by atoms with E-state index in [9.17, 15) is 4.79 Å². The molecule has 1 aromatic carbocycles. The predicted molar refractivity (Wildman–Crippen MR) is 112 cm³/mol. The third-order valence-corrected chi connectivity index (χ3v) is 4.58. The number of aromatic nitrogens is 3. The van der Waals surface area contributed by atoms with Crippen LogP contribution in [0.25, 0.3) is 11.3 Å². The molecular weight excluding hydrogens is 366 g/mol. The monoisotopic (exact) mass is 387 g/mol. The Morgan fingerprint density at radius 3 is 2.76 bits per heavy atom. The minimum atomic E-state index is -0.356. The average molecular weight is 387 g/mol. The summed E-state index contributed by atoms with van der Waals surface area (Å²) in [6, 6.07) is 10.7. The molecule has 0 aliphatic heterocycles. The lowest BCUT2D eigenvalue weighted by atomic mass is 10.1. The Morgan fingerprint density at radius 1 is 1.17 bits per heavy atom. The number of carbonyl (C=O) groups is 1. The van der Waals surface area contributed by atoms with E-state index in [-0.39, 0.29) is 24.9 Å². The van der Waals surface area contributed by atoms with Crippen LogP contribution in [-0.4, -0.2) is 44.0 Å². The highest BCUT2D eigenvalue weighted by molar-refractivity contribution is 6.06. The number of nitrogens with one attached hydrogen (secondary N) is 3. The number of hydrogen-bond donors (Lipinski definition) is 3.